The van der Waals surface area contributed by atoms with Gasteiger partial charge in [0, 0.05) is 18.6 Å². The van der Waals surface area contributed by atoms with Gasteiger partial charge in [0.25, 0.3) is 0 Å². The Kier molecular flexibility index (Phi) is 5.97. The van der Waals surface area contributed by atoms with Crippen molar-refractivity contribution in [2.75, 3.05) is 7.05 Å². The summed E-state index contributed by atoms with van der Waals surface area (Å²) in [4.78, 5) is 0. The maximum atomic E-state index is 6.19. The summed E-state index contributed by atoms with van der Waals surface area (Å²) < 4.78 is 0. The largest absolute Gasteiger partial charge is 0.326 e. The molecule has 3 nitrogen and oxygen atoms in total. The minimum atomic E-state index is -0.149. The molecule has 0 amide bonds. The van der Waals surface area contributed by atoms with Crippen LogP contribution in [0.15, 0.2) is 18.2 Å². The third kappa shape index (κ3) is 5.42. The van der Waals surface area contributed by atoms with E-state index in [1.54, 1.807) is 5.01 Å². The molecule has 4 N–H and O–H groups in total. The average molecular weight is 291 g/mol. The van der Waals surface area contributed by atoms with Crippen LogP contribution in [-0.4, -0.2) is 17.6 Å². The summed E-state index contributed by atoms with van der Waals surface area (Å²) in [5.74, 6) is 6.89. The molecule has 1 aromatic carbocycles. The molecule has 0 saturated heterocycles. The fraction of sp³-hybridized carbons (Fsp3) is 0.667. The first-order chi connectivity index (χ1) is 9.51. The van der Waals surface area contributed by atoms with Gasteiger partial charge in [-0.1, -0.05) is 39.0 Å². The van der Waals surface area contributed by atoms with Crippen LogP contribution >= 0.6 is 0 Å². The first kappa shape index (κ1) is 18.1. The van der Waals surface area contributed by atoms with E-state index in [0.29, 0.717) is 11.8 Å². The summed E-state index contributed by atoms with van der Waals surface area (Å²) >= 11 is 0. The van der Waals surface area contributed by atoms with E-state index in [4.69, 9.17) is 11.6 Å². The molecule has 0 aliphatic rings. The van der Waals surface area contributed by atoms with Crippen molar-refractivity contribution in [3.8, 4) is 0 Å². The van der Waals surface area contributed by atoms with Crippen molar-refractivity contribution < 1.29 is 0 Å². The topological polar surface area (TPSA) is 55.3 Å². The Hall–Kier alpha value is -0.900. The standard InChI is InChI=1S/C18H33N3/c1-12(2)15-8-16(13(3)11-18(5,6)19)10-17(9-15)14(4)21(7)20/h8-10,12-14H,11,19-20H2,1-7H3. The highest BCUT2D eigenvalue weighted by atomic mass is 15.4. The number of hydrogen-bond donors (Lipinski definition) is 2. The fourth-order valence-corrected chi connectivity index (χ4v) is 2.70. The predicted molar refractivity (Wildman–Crippen MR) is 92.2 cm³/mol. The molecule has 0 fully saturated rings. The van der Waals surface area contributed by atoms with Gasteiger partial charge in [-0.2, -0.15) is 0 Å². The Morgan fingerprint density at radius 2 is 1.48 bits per heavy atom. The number of hydrazine groups is 1. The van der Waals surface area contributed by atoms with E-state index in [0.717, 1.165) is 6.42 Å². The molecule has 0 saturated carbocycles. The Morgan fingerprint density at radius 3 is 1.90 bits per heavy atom. The van der Waals surface area contributed by atoms with Crippen molar-refractivity contribution in [2.24, 2.45) is 11.6 Å². The smallest absolute Gasteiger partial charge is 0.0459 e. The van der Waals surface area contributed by atoms with Crippen LogP contribution in [0.1, 0.15) is 82.5 Å². The zero-order chi connectivity index (χ0) is 16.4. The normalized spacial score (nSPS) is 15.6. The van der Waals surface area contributed by atoms with Crippen LogP contribution < -0.4 is 11.6 Å². The van der Waals surface area contributed by atoms with Gasteiger partial charge in [0.05, 0.1) is 0 Å². The van der Waals surface area contributed by atoms with Crippen LogP contribution in [0.5, 0.6) is 0 Å². The van der Waals surface area contributed by atoms with Crippen LogP contribution in [0.3, 0.4) is 0 Å². The van der Waals surface area contributed by atoms with Crippen LogP contribution in [0.25, 0.3) is 0 Å². The summed E-state index contributed by atoms with van der Waals surface area (Å²) in [5.41, 5.74) is 10.1. The van der Waals surface area contributed by atoms with E-state index in [1.807, 2.05) is 7.05 Å². The molecule has 0 spiro atoms. The molecule has 2 atom stereocenters. The summed E-state index contributed by atoms with van der Waals surface area (Å²) in [6.45, 7) is 13.0. The maximum absolute atomic E-state index is 6.19. The Balaban J connectivity index is 3.19. The molecule has 21 heavy (non-hydrogen) atoms. The van der Waals surface area contributed by atoms with Crippen molar-refractivity contribution in [2.45, 2.75) is 71.4 Å². The zero-order valence-electron chi connectivity index (χ0n) is 14.8. The van der Waals surface area contributed by atoms with Crippen molar-refractivity contribution in [1.82, 2.24) is 5.01 Å². The van der Waals surface area contributed by atoms with E-state index in [9.17, 15) is 0 Å². The van der Waals surface area contributed by atoms with Gasteiger partial charge in [-0.25, -0.2) is 5.01 Å². The first-order valence-corrected chi connectivity index (χ1v) is 7.92. The van der Waals surface area contributed by atoms with Gasteiger partial charge >= 0.3 is 0 Å². The minimum Gasteiger partial charge on any atom is -0.326 e. The Labute approximate surface area is 130 Å². The maximum Gasteiger partial charge on any atom is 0.0459 e. The summed E-state index contributed by atoms with van der Waals surface area (Å²) in [6.07, 6.45) is 0.973. The first-order valence-electron chi connectivity index (χ1n) is 7.92. The molecule has 1 rings (SSSR count). The summed E-state index contributed by atoms with van der Waals surface area (Å²) in [6, 6.07) is 7.10. The van der Waals surface area contributed by atoms with E-state index < -0.39 is 0 Å². The Bertz CT molecular complexity index is 458. The highest BCUT2D eigenvalue weighted by Crippen LogP contribution is 2.30. The van der Waals surface area contributed by atoms with Gasteiger partial charge in [0.1, 0.15) is 0 Å². The third-order valence-corrected chi connectivity index (χ3v) is 4.16. The number of benzene rings is 1. The second-order valence-corrected chi connectivity index (χ2v) is 7.52. The minimum absolute atomic E-state index is 0.149. The van der Waals surface area contributed by atoms with Crippen LogP contribution in [0, 0.1) is 0 Å². The van der Waals surface area contributed by atoms with Crippen LogP contribution in [0.2, 0.25) is 0 Å². The van der Waals surface area contributed by atoms with Crippen molar-refractivity contribution >= 4 is 0 Å². The molecular weight excluding hydrogens is 258 g/mol. The molecule has 0 radical (unpaired) electrons. The number of nitrogens with zero attached hydrogens (tertiary/aromatic N) is 1. The third-order valence-electron chi connectivity index (χ3n) is 4.16. The van der Waals surface area contributed by atoms with E-state index in [-0.39, 0.29) is 11.6 Å². The number of rotatable bonds is 6. The molecule has 3 heteroatoms. The van der Waals surface area contributed by atoms with Crippen molar-refractivity contribution in [3.63, 3.8) is 0 Å². The SMILES string of the molecule is CC(C)c1cc(C(C)CC(C)(C)N)cc(C(C)N(C)N)c1. The summed E-state index contributed by atoms with van der Waals surface area (Å²) in [5, 5.41) is 1.76. The number of nitrogens with two attached hydrogens (primary N) is 2. The molecule has 1 aromatic rings. The molecule has 0 bridgehead atoms. The van der Waals surface area contributed by atoms with Crippen molar-refractivity contribution in [3.05, 3.63) is 34.9 Å². The van der Waals surface area contributed by atoms with Gasteiger partial charge in [0.2, 0.25) is 0 Å². The molecule has 0 aliphatic carbocycles. The second kappa shape index (κ2) is 6.91. The molecule has 0 aromatic heterocycles. The molecule has 0 heterocycles. The lowest BCUT2D eigenvalue weighted by Gasteiger charge is -2.26. The highest BCUT2D eigenvalue weighted by Gasteiger charge is 2.19. The molecule has 2 unspecified atom stereocenters. The van der Waals surface area contributed by atoms with E-state index in [2.05, 4.69) is 59.7 Å². The predicted octanol–water partition coefficient (Wildman–Crippen LogP) is 3.91. The summed E-state index contributed by atoms with van der Waals surface area (Å²) in [7, 11) is 1.92. The zero-order valence-corrected chi connectivity index (χ0v) is 14.8. The highest BCUT2D eigenvalue weighted by molar-refractivity contribution is 5.35. The molecular formula is C18H33N3. The lowest BCUT2D eigenvalue weighted by molar-refractivity contribution is 0.270. The van der Waals surface area contributed by atoms with Gasteiger partial charge in [-0.15, -0.1) is 0 Å². The quantitative estimate of drug-likeness (QED) is 0.617. The monoisotopic (exact) mass is 291 g/mol. The lowest BCUT2D eigenvalue weighted by Crippen LogP contribution is -2.33. The van der Waals surface area contributed by atoms with Gasteiger partial charge in [-0.3, -0.25) is 5.84 Å². The lowest BCUT2D eigenvalue weighted by atomic mass is 9.84. The van der Waals surface area contributed by atoms with E-state index >= 15 is 0 Å². The fourth-order valence-electron chi connectivity index (χ4n) is 2.70. The molecule has 0 aliphatic heterocycles. The van der Waals surface area contributed by atoms with Crippen molar-refractivity contribution in [1.29, 1.82) is 0 Å². The van der Waals surface area contributed by atoms with Gasteiger partial charge < -0.3 is 5.73 Å². The number of hydrogen-bond acceptors (Lipinski definition) is 3. The average Bonchev–Trinajstić information content (AvgIpc) is 2.35. The van der Waals surface area contributed by atoms with Crippen LogP contribution in [0.4, 0.5) is 0 Å². The van der Waals surface area contributed by atoms with Crippen LogP contribution in [-0.2, 0) is 0 Å². The Morgan fingerprint density at radius 1 is 1.00 bits per heavy atom. The second-order valence-electron chi connectivity index (χ2n) is 7.52. The van der Waals surface area contributed by atoms with E-state index in [1.165, 1.54) is 16.7 Å². The molecule has 120 valence electrons. The van der Waals surface area contributed by atoms with Gasteiger partial charge in [0.15, 0.2) is 0 Å². The van der Waals surface area contributed by atoms with Gasteiger partial charge in [-0.05, 0) is 55.7 Å².